The van der Waals surface area contributed by atoms with E-state index in [2.05, 4.69) is 159 Å². The number of hydrogen-bond donors (Lipinski definition) is 0. The minimum absolute atomic E-state index is 1.15. The SMILES string of the molecule is CCCCc1cc(C)c(CCCC)cc1C.CCCc1cc(C)c(CCC)cc1C.CCc1cc(C)c(CC)cc1C.Cc1cc(C)c(C)cc1C. The van der Waals surface area contributed by atoms with Gasteiger partial charge in [0.25, 0.3) is 0 Å². The molecule has 0 saturated heterocycles. The number of rotatable bonds is 12. The molecular formula is C52H80. The van der Waals surface area contributed by atoms with E-state index in [9.17, 15) is 0 Å². The Morgan fingerprint density at radius 2 is 0.481 bits per heavy atom. The van der Waals surface area contributed by atoms with Crippen LogP contribution in [0.4, 0.5) is 0 Å². The van der Waals surface area contributed by atoms with E-state index < -0.39 is 0 Å². The number of benzene rings is 4. The van der Waals surface area contributed by atoms with Crippen molar-refractivity contribution in [2.45, 2.75) is 188 Å². The van der Waals surface area contributed by atoms with Gasteiger partial charge >= 0.3 is 0 Å². The molecule has 0 amide bonds. The predicted octanol–water partition coefficient (Wildman–Crippen LogP) is 15.5. The summed E-state index contributed by atoms with van der Waals surface area (Å²) >= 11 is 0. The van der Waals surface area contributed by atoms with Crippen LogP contribution < -0.4 is 0 Å². The van der Waals surface area contributed by atoms with E-state index in [1.807, 2.05) is 0 Å². The molecule has 0 atom stereocenters. The summed E-state index contributed by atoms with van der Waals surface area (Å²) < 4.78 is 0. The average Bonchev–Trinajstić information content (AvgIpc) is 3.11. The summed E-state index contributed by atoms with van der Waals surface area (Å²) in [4.78, 5) is 0. The normalized spacial score (nSPS) is 10.5. The van der Waals surface area contributed by atoms with Crippen LogP contribution in [0.25, 0.3) is 0 Å². The van der Waals surface area contributed by atoms with Crippen molar-refractivity contribution in [1.29, 1.82) is 0 Å². The van der Waals surface area contributed by atoms with Gasteiger partial charge in [-0.15, -0.1) is 0 Å². The molecule has 0 heteroatoms. The highest BCUT2D eigenvalue weighted by Crippen LogP contribution is 2.21. The van der Waals surface area contributed by atoms with E-state index >= 15 is 0 Å². The van der Waals surface area contributed by atoms with Crippen LogP contribution >= 0.6 is 0 Å². The van der Waals surface area contributed by atoms with E-state index in [1.54, 1.807) is 11.1 Å². The summed E-state index contributed by atoms with van der Waals surface area (Å²) in [6.45, 7) is 35.5. The van der Waals surface area contributed by atoms with Crippen molar-refractivity contribution in [2.24, 2.45) is 0 Å². The first-order valence-electron chi connectivity index (χ1n) is 21.0. The van der Waals surface area contributed by atoms with Gasteiger partial charge in [-0.05, 0) is 210 Å². The maximum Gasteiger partial charge on any atom is -0.0276 e. The van der Waals surface area contributed by atoms with Gasteiger partial charge in [0.15, 0.2) is 0 Å². The third kappa shape index (κ3) is 15.9. The molecule has 0 radical (unpaired) electrons. The molecule has 288 valence electrons. The smallest absolute Gasteiger partial charge is 0.0276 e. The molecular weight excluding hydrogens is 625 g/mol. The van der Waals surface area contributed by atoms with Gasteiger partial charge in [-0.1, -0.05) is 116 Å². The van der Waals surface area contributed by atoms with E-state index in [-0.39, 0.29) is 0 Å². The lowest BCUT2D eigenvalue weighted by Gasteiger charge is -2.11. The molecule has 0 unspecified atom stereocenters. The fourth-order valence-electron chi connectivity index (χ4n) is 7.02. The van der Waals surface area contributed by atoms with E-state index in [1.165, 1.54) is 142 Å². The molecule has 0 aliphatic heterocycles. The predicted molar refractivity (Wildman–Crippen MR) is 237 cm³/mol. The quantitative estimate of drug-likeness (QED) is 0.138. The summed E-state index contributed by atoms with van der Waals surface area (Å²) in [6.07, 6.45) is 14.9. The molecule has 0 spiro atoms. The molecule has 0 saturated carbocycles. The molecule has 4 rings (SSSR count). The fourth-order valence-corrected chi connectivity index (χ4v) is 7.02. The lowest BCUT2D eigenvalue weighted by atomic mass is 9.94. The topological polar surface area (TPSA) is 0 Å². The highest BCUT2D eigenvalue weighted by molar-refractivity contribution is 5.39. The van der Waals surface area contributed by atoms with Crippen molar-refractivity contribution in [3.8, 4) is 0 Å². The molecule has 0 nitrogen and oxygen atoms in total. The molecule has 0 aliphatic rings. The van der Waals surface area contributed by atoms with Crippen molar-refractivity contribution in [3.63, 3.8) is 0 Å². The Labute approximate surface area is 324 Å². The van der Waals surface area contributed by atoms with Gasteiger partial charge in [0.1, 0.15) is 0 Å². The Morgan fingerprint density at radius 1 is 0.250 bits per heavy atom. The van der Waals surface area contributed by atoms with Crippen LogP contribution in [0.1, 0.15) is 169 Å². The number of hydrogen-bond acceptors (Lipinski definition) is 0. The molecule has 0 heterocycles. The molecule has 4 aromatic rings. The molecule has 4 aromatic carbocycles. The standard InChI is InChI=1S/C16H26.C14H22.C12H18.C10H14/c1-5-7-9-15-11-14(4)16(10-8-6-2)12-13(15)3;1-5-7-13-9-12(4)14(8-6-2)10-11(13)3;1-5-11-7-10(4)12(6-2)8-9(11)3;1-7-5-9(3)10(4)6-8(7)2/h11-12H,5-10H2,1-4H3;9-10H,5-8H2,1-4H3;7-8H,5-6H2,1-4H3;5-6H,1-4H3. The number of aryl methyl sites for hydroxylation is 16. The molecule has 0 aromatic heterocycles. The van der Waals surface area contributed by atoms with Gasteiger partial charge in [0, 0.05) is 0 Å². The maximum absolute atomic E-state index is 2.41. The van der Waals surface area contributed by atoms with E-state index in [0.29, 0.717) is 0 Å². The largest absolute Gasteiger partial charge is 0.0654 e. The monoisotopic (exact) mass is 705 g/mol. The van der Waals surface area contributed by atoms with Crippen LogP contribution in [0.2, 0.25) is 0 Å². The second-order valence-electron chi connectivity index (χ2n) is 15.6. The first-order valence-corrected chi connectivity index (χ1v) is 21.0. The zero-order valence-corrected chi connectivity index (χ0v) is 37.1. The van der Waals surface area contributed by atoms with Crippen molar-refractivity contribution in [3.05, 3.63) is 138 Å². The second-order valence-corrected chi connectivity index (χ2v) is 15.6. The van der Waals surface area contributed by atoms with Gasteiger partial charge in [-0.2, -0.15) is 0 Å². The van der Waals surface area contributed by atoms with Gasteiger partial charge < -0.3 is 0 Å². The van der Waals surface area contributed by atoms with Crippen molar-refractivity contribution < 1.29 is 0 Å². The minimum Gasteiger partial charge on any atom is -0.0654 e. The fraction of sp³-hybridized carbons (Fsp3) is 0.538. The van der Waals surface area contributed by atoms with Crippen LogP contribution in [-0.2, 0) is 38.5 Å². The first kappa shape index (κ1) is 46.9. The van der Waals surface area contributed by atoms with E-state index in [4.69, 9.17) is 0 Å². The van der Waals surface area contributed by atoms with Crippen molar-refractivity contribution >= 4 is 0 Å². The molecule has 0 bridgehead atoms. The van der Waals surface area contributed by atoms with Gasteiger partial charge in [0.05, 0.1) is 0 Å². The third-order valence-electron chi connectivity index (χ3n) is 10.9. The van der Waals surface area contributed by atoms with Crippen LogP contribution in [-0.4, -0.2) is 0 Å². The van der Waals surface area contributed by atoms with Gasteiger partial charge in [-0.3, -0.25) is 0 Å². The highest BCUT2D eigenvalue weighted by atomic mass is 14.1. The Morgan fingerprint density at radius 3 is 0.712 bits per heavy atom. The Kier molecular flexibility index (Phi) is 22.5. The summed E-state index contributed by atoms with van der Waals surface area (Å²) in [5.41, 5.74) is 23.5. The summed E-state index contributed by atoms with van der Waals surface area (Å²) in [7, 11) is 0. The average molecular weight is 705 g/mol. The van der Waals surface area contributed by atoms with Gasteiger partial charge in [0.2, 0.25) is 0 Å². The highest BCUT2D eigenvalue weighted by Gasteiger charge is 2.05. The van der Waals surface area contributed by atoms with Crippen molar-refractivity contribution in [2.75, 3.05) is 0 Å². The van der Waals surface area contributed by atoms with E-state index in [0.717, 1.165) is 12.8 Å². The van der Waals surface area contributed by atoms with Gasteiger partial charge in [-0.25, -0.2) is 0 Å². The first-order chi connectivity index (χ1) is 24.7. The Hall–Kier alpha value is -3.12. The number of unbranched alkanes of at least 4 members (excludes halogenated alkanes) is 2. The summed E-state index contributed by atoms with van der Waals surface area (Å²) in [5, 5.41) is 0. The Balaban J connectivity index is 0.000000351. The second kappa shape index (κ2) is 25.0. The van der Waals surface area contributed by atoms with Crippen LogP contribution in [0.5, 0.6) is 0 Å². The van der Waals surface area contributed by atoms with Crippen LogP contribution in [0.3, 0.4) is 0 Å². The van der Waals surface area contributed by atoms with Crippen molar-refractivity contribution in [1.82, 2.24) is 0 Å². The molecule has 0 aliphatic carbocycles. The molecule has 0 fully saturated rings. The minimum atomic E-state index is 1.15. The van der Waals surface area contributed by atoms with Crippen LogP contribution in [0, 0.1) is 69.2 Å². The third-order valence-corrected chi connectivity index (χ3v) is 10.9. The lowest BCUT2D eigenvalue weighted by Crippen LogP contribution is -1.96. The zero-order chi connectivity index (χ0) is 39.4. The zero-order valence-electron chi connectivity index (χ0n) is 37.1. The molecule has 52 heavy (non-hydrogen) atoms. The summed E-state index contributed by atoms with van der Waals surface area (Å²) in [5.74, 6) is 0. The summed E-state index contributed by atoms with van der Waals surface area (Å²) in [6, 6.07) is 18.7. The Bertz CT molecular complexity index is 1480. The lowest BCUT2D eigenvalue weighted by molar-refractivity contribution is 0.778. The molecule has 0 N–H and O–H groups in total. The maximum atomic E-state index is 2.41. The van der Waals surface area contributed by atoms with Crippen LogP contribution in [0.15, 0.2) is 48.5 Å².